The third-order valence-electron chi connectivity index (χ3n) is 4.53. The summed E-state index contributed by atoms with van der Waals surface area (Å²) in [4.78, 5) is 24.1. The summed E-state index contributed by atoms with van der Waals surface area (Å²) in [5, 5.41) is 10.6. The minimum absolute atomic E-state index is 0.118. The summed E-state index contributed by atoms with van der Waals surface area (Å²) in [6.45, 7) is 0. The first-order valence-corrected chi connectivity index (χ1v) is 10.7. The first-order chi connectivity index (χ1) is 11.9. The molecule has 7 heteroatoms. The molecular weight excluding hydrogens is 362 g/mol. The van der Waals surface area contributed by atoms with Gasteiger partial charge in [-0.3, -0.25) is 9.59 Å². The zero-order valence-corrected chi connectivity index (χ0v) is 15.4. The minimum Gasteiger partial charge on any atom is -0.506 e. The average Bonchev–Trinajstić information content (AvgIpc) is 2.57. The largest absolute Gasteiger partial charge is 0.506 e. The normalized spacial score (nSPS) is 20.4. The summed E-state index contributed by atoms with van der Waals surface area (Å²) in [6, 6.07) is 4.79. The van der Waals surface area contributed by atoms with Crippen molar-refractivity contribution in [2.75, 3.05) is 11.5 Å². The van der Waals surface area contributed by atoms with Crippen LogP contribution < -0.4 is 0 Å². The van der Waals surface area contributed by atoms with Crippen molar-refractivity contribution < 1.29 is 18.9 Å². The predicted octanol–water partition coefficient (Wildman–Crippen LogP) is 4.21. The van der Waals surface area contributed by atoms with Crippen LogP contribution in [-0.2, 0) is 19.3 Å². The maximum atomic E-state index is 12.8. The van der Waals surface area contributed by atoms with Gasteiger partial charge in [0.2, 0.25) is 0 Å². The molecule has 0 unspecified atom stereocenters. The maximum absolute atomic E-state index is 12.8. The molecule has 5 nitrogen and oxygen atoms in total. The highest BCUT2D eigenvalue weighted by Crippen LogP contribution is 2.36. The van der Waals surface area contributed by atoms with Gasteiger partial charge in [-0.05, 0) is 31.4 Å². The fraction of sp³-hybridized carbons (Fsp3) is 0.444. The van der Waals surface area contributed by atoms with Gasteiger partial charge in [0.05, 0.1) is 20.4 Å². The van der Waals surface area contributed by atoms with Crippen molar-refractivity contribution >= 4 is 44.3 Å². The molecule has 1 aliphatic carbocycles. The Morgan fingerprint density at radius 2 is 1.68 bits per heavy atom. The number of allylic oxidation sites excluding steroid dienone is 1. The molecule has 1 aromatic rings. The summed E-state index contributed by atoms with van der Waals surface area (Å²) in [6.07, 6.45) is 3.77. The first-order valence-electron chi connectivity index (χ1n) is 8.42. The van der Waals surface area contributed by atoms with Crippen LogP contribution in [0.5, 0.6) is 0 Å². The number of nitrogens with zero attached hydrogens (tertiary/aromatic N) is 1. The molecule has 1 saturated carbocycles. The third kappa shape index (κ3) is 3.80. The maximum Gasteiger partial charge on any atom is 0.170 e. The highest BCUT2D eigenvalue weighted by molar-refractivity contribution is 7.93. The van der Waals surface area contributed by atoms with E-state index in [1.54, 1.807) is 12.1 Å². The van der Waals surface area contributed by atoms with Crippen LogP contribution in [0.2, 0.25) is 5.02 Å². The number of ketones is 2. The SMILES string of the molecule is O=C1CCCC(=O)C1=C(O)c1cccc(N=S2(=O)CCCCC2)c1Cl. The van der Waals surface area contributed by atoms with Gasteiger partial charge in [0.25, 0.3) is 0 Å². The predicted molar refractivity (Wildman–Crippen MR) is 98.7 cm³/mol. The molecular formula is C18H20ClNO4S. The van der Waals surface area contributed by atoms with Crippen molar-refractivity contribution in [2.24, 2.45) is 4.36 Å². The highest BCUT2D eigenvalue weighted by atomic mass is 35.5. The van der Waals surface area contributed by atoms with E-state index in [1.807, 2.05) is 0 Å². The van der Waals surface area contributed by atoms with Crippen LogP contribution in [0.3, 0.4) is 0 Å². The number of aliphatic hydroxyl groups excluding tert-OH is 1. The average molecular weight is 382 g/mol. The lowest BCUT2D eigenvalue weighted by Gasteiger charge is -2.17. The molecule has 0 aromatic heterocycles. The molecule has 0 atom stereocenters. The Labute approximate surface area is 152 Å². The van der Waals surface area contributed by atoms with Crippen molar-refractivity contribution in [1.29, 1.82) is 0 Å². The van der Waals surface area contributed by atoms with Gasteiger partial charge in [-0.15, -0.1) is 0 Å². The molecule has 0 spiro atoms. The fourth-order valence-electron chi connectivity index (χ4n) is 3.19. The third-order valence-corrected chi connectivity index (χ3v) is 7.31. The van der Waals surface area contributed by atoms with E-state index >= 15 is 0 Å². The second-order valence-corrected chi connectivity index (χ2v) is 9.32. The van der Waals surface area contributed by atoms with Crippen molar-refractivity contribution in [1.82, 2.24) is 0 Å². The number of hydrogen-bond donors (Lipinski definition) is 1. The quantitative estimate of drug-likeness (QED) is 0.472. The van der Waals surface area contributed by atoms with E-state index in [-0.39, 0.29) is 40.6 Å². The Morgan fingerprint density at radius 1 is 1.04 bits per heavy atom. The Balaban J connectivity index is 2.07. The van der Waals surface area contributed by atoms with Crippen LogP contribution in [0.4, 0.5) is 5.69 Å². The Kier molecular flexibility index (Phi) is 5.29. The number of benzene rings is 1. The second kappa shape index (κ2) is 7.30. The molecule has 134 valence electrons. The Morgan fingerprint density at radius 3 is 2.32 bits per heavy atom. The van der Waals surface area contributed by atoms with Crippen molar-refractivity contribution in [3.05, 3.63) is 34.4 Å². The summed E-state index contributed by atoms with van der Waals surface area (Å²) < 4.78 is 17.2. The van der Waals surface area contributed by atoms with Gasteiger partial charge >= 0.3 is 0 Å². The molecule has 3 rings (SSSR count). The standard InChI is InChI=1S/C18H20ClNO4S/c19-17-12(18(23)16-14(21)8-5-9-15(16)22)6-4-7-13(17)20-25(24)10-2-1-3-11-25/h4,6-7,23H,1-3,5,8-11H2. The van der Waals surface area contributed by atoms with Gasteiger partial charge < -0.3 is 5.11 Å². The second-order valence-electron chi connectivity index (χ2n) is 6.39. The van der Waals surface area contributed by atoms with Gasteiger partial charge in [-0.25, -0.2) is 4.21 Å². The minimum atomic E-state index is -2.35. The van der Waals surface area contributed by atoms with E-state index in [0.29, 0.717) is 23.6 Å². The van der Waals surface area contributed by atoms with E-state index < -0.39 is 15.5 Å². The lowest BCUT2D eigenvalue weighted by atomic mass is 9.90. The molecule has 2 aliphatic rings. The van der Waals surface area contributed by atoms with Crippen molar-refractivity contribution in [3.8, 4) is 0 Å². The van der Waals surface area contributed by atoms with Crippen LogP contribution in [0.15, 0.2) is 28.1 Å². The summed E-state index contributed by atoms with van der Waals surface area (Å²) >= 11 is 6.36. The smallest absolute Gasteiger partial charge is 0.170 e. The summed E-state index contributed by atoms with van der Waals surface area (Å²) in [5.41, 5.74) is 0.321. The molecule has 1 aliphatic heterocycles. The molecule has 1 saturated heterocycles. The van der Waals surface area contributed by atoms with E-state index in [9.17, 15) is 18.9 Å². The molecule has 1 N–H and O–H groups in total. The van der Waals surface area contributed by atoms with Crippen LogP contribution in [0, 0.1) is 0 Å². The lowest BCUT2D eigenvalue weighted by Crippen LogP contribution is -2.20. The van der Waals surface area contributed by atoms with Crippen LogP contribution in [-0.4, -0.2) is 32.4 Å². The molecule has 1 aromatic carbocycles. The number of halogens is 1. The van der Waals surface area contributed by atoms with E-state index in [1.165, 1.54) is 6.07 Å². The molecule has 0 bridgehead atoms. The monoisotopic (exact) mass is 381 g/mol. The first kappa shape index (κ1) is 18.1. The molecule has 1 heterocycles. The number of aliphatic hydroxyl groups is 1. The Bertz CT molecular complexity index is 851. The zero-order valence-electron chi connectivity index (χ0n) is 13.8. The van der Waals surface area contributed by atoms with Gasteiger partial charge in [0, 0.05) is 29.9 Å². The highest BCUT2D eigenvalue weighted by Gasteiger charge is 2.28. The Hall–Kier alpha value is -1.66. The van der Waals surface area contributed by atoms with Gasteiger partial charge in [-0.2, -0.15) is 4.36 Å². The summed E-state index contributed by atoms with van der Waals surface area (Å²) in [7, 11) is -2.35. The van der Waals surface area contributed by atoms with Gasteiger partial charge in [0.1, 0.15) is 11.3 Å². The summed E-state index contributed by atoms with van der Waals surface area (Å²) in [5.74, 6) is -0.0686. The zero-order chi connectivity index (χ0) is 18.0. The van der Waals surface area contributed by atoms with Gasteiger partial charge in [-0.1, -0.05) is 24.1 Å². The van der Waals surface area contributed by atoms with E-state index in [2.05, 4.69) is 4.36 Å². The number of hydrogen-bond acceptors (Lipinski definition) is 5. The lowest BCUT2D eigenvalue weighted by molar-refractivity contribution is -0.123. The number of carbonyl (C=O) groups is 2. The molecule has 0 amide bonds. The van der Waals surface area contributed by atoms with Gasteiger partial charge in [0.15, 0.2) is 11.6 Å². The number of Topliss-reactive ketones (excluding diaryl/α,β-unsaturated/α-hetero) is 2. The molecule has 0 radical (unpaired) electrons. The fourth-order valence-corrected chi connectivity index (χ4v) is 5.71. The van der Waals surface area contributed by atoms with Crippen LogP contribution >= 0.6 is 11.6 Å². The van der Waals surface area contributed by atoms with Crippen LogP contribution in [0.1, 0.15) is 44.1 Å². The van der Waals surface area contributed by atoms with Crippen LogP contribution in [0.25, 0.3) is 5.76 Å². The van der Waals surface area contributed by atoms with Crippen molar-refractivity contribution in [2.45, 2.75) is 38.5 Å². The van der Waals surface area contributed by atoms with Crippen molar-refractivity contribution in [3.63, 3.8) is 0 Å². The number of rotatable bonds is 2. The van der Waals surface area contributed by atoms with E-state index in [4.69, 9.17) is 11.6 Å². The topological polar surface area (TPSA) is 83.8 Å². The molecule has 2 fully saturated rings. The number of carbonyl (C=O) groups excluding carboxylic acids is 2. The van der Waals surface area contributed by atoms with E-state index in [0.717, 1.165) is 19.3 Å². The molecule has 25 heavy (non-hydrogen) atoms.